The summed E-state index contributed by atoms with van der Waals surface area (Å²) in [5.41, 5.74) is 0.300. The second-order valence-corrected chi connectivity index (χ2v) is 14.2. The summed E-state index contributed by atoms with van der Waals surface area (Å²) in [5, 5.41) is 5.43. The smallest absolute Gasteiger partial charge is 0.408 e. The monoisotopic (exact) mass is 641 g/mol. The minimum atomic E-state index is -3.41. The zero-order valence-electron chi connectivity index (χ0n) is 26.6. The predicted molar refractivity (Wildman–Crippen MR) is 172 cm³/mol. The first-order valence-corrected chi connectivity index (χ1v) is 16.4. The van der Waals surface area contributed by atoms with Gasteiger partial charge in [-0.1, -0.05) is 42.5 Å². The van der Waals surface area contributed by atoms with Gasteiger partial charge < -0.3 is 24.7 Å². The van der Waals surface area contributed by atoms with Gasteiger partial charge in [0.1, 0.15) is 5.60 Å². The van der Waals surface area contributed by atoms with Gasteiger partial charge >= 0.3 is 6.09 Å². The minimum Gasteiger partial charge on any atom is -0.444 e. The molecular formula is C32H43N5O7S. The number of Topliss-reactive ketones (excluding diaryl/α,β-unsaturated/α-hetero) is 1. The molecule has 2 aromatic carbocycles. The van der Waals surface area contributed by atoms with Gasteiger partial charge in [-0.3, -0.25) is 14.3 Å². The SMILES string of the molecule is CC(C)(C)OC(=O)NC(C)(C)C(=O)CC[C@H](COCc1ccccc1)C(=O)Nc1cn(Cc2cccc(NS(C)(=O)=O)c2)cn1. The molecule has 45 heavy (non-hydrogen) atoms. The molecule has 13 heteroatoms. The van der Waals surface area contributed by atoms with E-state index in [1.54, 1.807) is 69.9 Å². The molecule has 1 heterocycles. The molecule has 0 aliphatic heterocycles. The minimum absolute atomic E-state index is 0.0158. The van der Waals surface area contributed by atoms with Gasteiger partial charge in [0.15, 0.2) is 11.6 Å². The average Bonchev–Trinajstić information content (AvgIpc) is 3.35. The summed E-state index contributed by atoms with van der Waals surface area (Å²) in [4.78, 5) is 43.1. The molecule has 3 aromatic rings. The number of aromatic nitrogens is 2. The van der Waals surface area contributed by atoms with E-state index in [2.05, 4.69) is 20.3 Å². The van der Waals surface area contributed by atoms with E-state index in [0.29, 0.717) is 24.7 Å². The van der Waals surface area contributed by atoms with E-state index < -0.39 is 33.2 Å². The van der Waals surface area contributed by atoms with E-state index in [1.165, 1.54) is 0 Å². The molecule has 0 radical (unpaired) electrons. The molecule has 12 nitrogen and oxygen atoms in total. The Hall–Kier alpha value is -4.23. The standard InChI is InChI=1S/C32H43N5O7S/c1-31(2,3)44-30(40)35-32(4,5)27(38)16-15-25(21-43-20-23-11-8-7-9-12-23)29(39)34-28-19-37(22-33-28)18-24-13-10-14-26(17-24)36-45(6,41)42/h7-14,17,19,22,25,36H,15-16,18,20-21H2,1-6H3,(H,34,39)(H,35,40)/t25-/m1/s1. The Morgan fingerprint density at radius 3 is 2.33 bits per heavy atom. The lowest BCUT2D eigenvalue weighted by Crippen LogP contribution is -2.51. The Labute approximate surface area is 265 Å². The number of ether oxygens (including phenoxy) is 2. The third kappa shape index (κ3) is 12.7. The maximum atomic E-state index is 13.4. The summed E-state index contributed by atoms with van der Waals surface area (Å²) < 4.78 is 38.5. The predicted octanol–water partition coefficient (Wildman–Crippen LogP) is 4.73. The number of hydrogen-bond donors (Lipinski definition) is 3. The first-order chi connectivity index (χ1) is 21.0. The first-order valence-electron chi connectivity index (χ1n) is 14.5. The Bertz CT molecular complexity index is 1560. The van der Waals surface area contributed by atoms with Gasteiger partial charge in [0, 0.05) is 24.8 Å². The highest BCUT2D eigenvalue weighted by atomic mass is 32.2. The number of benzene rings is 2. The summed E-state index contributed by atoms with van der Waals surface area (Å²) in [5.74, 6) is -0.986. The molecule has 1 atom stereocenters. The fourth-order valence-electron chi connectivity index (χ4n) is 4.33. The van der Waals surface area contributed by atoms with Crippen LogP contribution >= 0.6 is 0 Å². The lowest BCUT2D eigenvalue weighted by atomic mass is 9.92. The summed E-state index contributed by atoms with van der Waals surface area (Å²) in [7, 11) is -3.41. The van der Waals surface area contributed by atoms with Gasteiger partial charge in [0.2, 0.25) is 15.9 Å². The molecule has 0 unspecified atom stereocenters. The molecule has 244 valence electrons. The van der Waals surface area contributed by atoms with Crippen molar-refractivity contribution < 1.29 is 32.3 Å². The summed E-state index contributed by atoms with van der Waals surface area (Å²) in [6.07, 6.45) is 3.80. The number of carbonyl (C=O) groups is 3. The molecule has 3 N–H and O–H groups in total. The molecule has 3 rings (SSSR count). The lowest BCUT2D eigenvalue weighted by molar-refractivity contribution is -0.126. The molecule has 2 amide bonds. The van der Waals surface area contributed by atoms with Gasteiger partial charge in [-0.15, -0.1) is 0 Å². The quantitative estimate of drug-likeness (QED) is 0.215. The molecule has 0 saturated heterocycles. The van der Waals surface area contributed by atoms with Crippen molar-refractivity contribution in [1.29, 1.82) is 0 Å². The second kappa shape index (κ2) is 15.2. The fraction of sp³-hybridized carbons (Fsp3) is 0.438. The van der Waals surface area contributed by atoms with Gasteiger partial charge in [0.25, 0.3) is 0 Å². The van der Waals surface area contributed by atoms with Crippen LogP contribution < -0.4 is 15.4 Å². The number of carbonyl (C=O) groups excluding carboxylic acids is 3. The number of imidazole rings is 1. The highest BCUT2D eigenvalue weighted by Gasteiger charge is 2.32. The van der Waals surface area contributed by atoms with E-state index in [-0.39, 0.29) is 31.1 Å². The molecule has 0 aliphatic rings. The van der Waals surface area contributed by atoms with Crippen LogP contribution in [0, 0.1) is 5.92 Å². The van der Waals surface area contributed by atoms with Crippen molar-refractivity contribution in [3.05, 3.63) is 78.2 Å². The Kier molecular flexibility index (Phi) is 11.9. The summed E-state index contributed by atoms with van der Waals surface area (Å²) >= 11 is 0. The van der Waals surface area contributed by atoms with Crippen molar-refractivity contribution in [1.82, 2.24) is 14.9 Å². The lowest BCUT2D eigenvalue weighted by Gasteiger charge is -2.28. The summed E-state index contributed by atoms with van der Waals surface area (Å²) in [6, 6.07) is 16.5. The van der Waals surface area contributed by atoms with Crippen LogP contribution in [0.2, 0.25) is 0 Å². The highest BCUT2D eigenvalue weighted by Crippen LogP contribution is 2.19. The normalized spacial score (nSPS) is 12.7. The topological polar surface area (TPSA) is 158 Å². The van der Waals surface area contributed by atoms with Crippen molar-refractivity contribution in [2.24, 2.45) is 5.92 Å². The summed E-state index contributed by atoms with van der Waals surface area (Å²) in [6.45, 7) is 9.15. The zero-order chi connectivity index (χ0) is 33.3. The third-order valence-corrected chi connectivity index (χ3v) is 7.12. The van der Waals surface area contributed by atoms with E-state index in [1.807, 2.05) is 36.4 Å². The number of ketones is 1. The Morgan fingerprint density at radius 2 is 1.67 bits per heavy atom. The van der Waals surface area contributed by atoms with Crippen molar-refractivity contribution in [3.63, 3.8) is 0 Å². The van der Waals surface area contributed by atoms with Gasteiger partial charge in [-0.2, -0.15) is 0 Å². The zero-order valence-corrected chi connectivity index (χ0v) is 27.4. The van der Waals surface area contributed by atoms with Gasteiger partial charge in [-0.25, -0.2) is 18.2 Å². The van der Waals surface area contributed by atoms with Crippen LogP contribution in [-0.4, -0.2) is 59.8 Å². The van der Waals surface area contributed by atoms with E-state index in [4.69, 9.17) is 9.47 Å². The van der Waals surface area contributed by atoms with Crippen LogP contribution in [0.3, 0.4) is 0 Å². The van der Waals surface area contributed by atoms with Crippen molar-refractivity contribution in [3.8, 4) is 0 Å². The maximum absolute atomic E-state index is 13.4. The van der Waals surface area contributed by atoms with Crippen molar-refractivity contribution in [2.75, 3.05) is 22.9 Å². The van der Waals surface area contributed by atoms with Crippen molar-refractivity contribution >= 4 is 39.3 Å². The van der Waals surface area contributed by atoms with Crippen molar-refractivity contribution in [2.45, 2.75) is 71.8 Å². The van der Waals surface area contributed by atoms with E-state index >= 15 is 0 Å². The van der Waals surface area contributed by atoms with Crippen LogP contribution in [-0.2, 0) is 42.2 Å². The Morgan fingerprint density at radius 1 is 0.978 bits per heavy atom. The number of anilines is 2. The number of amides is 2. The Balaban J connectivity index is 1.65. The molecule has 1 aromatic heterocycles. The number of nitrogens with zero attached hydrogens (tertiary/aromatic N) is 2. The third-order valence-electron chi connectivity index (χ3n) is 6.51. The molecule has 0 spiro atoms. The van der Waals surface area contributed by atoms with Crippen LogP contribution in [0.5, 0.6) is 0 Å². The van der Waals surface area contributed by atoms with Crippen LogP contribution in [0.1, 0.15) is 58.6 Å². The number of nitrogens with one attached hydrogen (secondary N) is 3. The number of sulfonamides is 1. The number of alkyl carbamates (subject to hydrolysis) is 1. The number of hydrogen-bond acceptors (Lipinski definition) is 8. The van der Waals surface area contributed by atoms with Crippen LogP contribution in [0.15, 0.2) is 67.1 Å². The molecule has 0 fully saturated rings. The van der Waals surface area contributed by atoms with Gasteiger partial charge in [-0.05, 0) is 64.3 Å². The van der Waals surface area contributed by atoms with E-state index in [9.17, 15) is 22.8 Å². The van der Waals surface area contributed by atoms with Crippen LogP contribution in [0.25, 0.3) is 0 Å². The van der Waals surface area contributed by atoms with Crippen LogP contribution in [0.4, 0.5) is 16.3 Å². The first kappa shape index (κ1) is 35.3. The molecule has 0 saturated carbocycles. The number of rotatable bonds is 15. The van der Waals surface area contributed by atoms with Gasteiger partial charge in [0.05, 0.1) is 37.3 Å². The molecular weight excluding hydrogens is 598 g/mol. The second-order valence-electron chi connectivity index (χ2n) is 12.4. The van der Waals surface area contributed by atoms with E-state index in [0.717, 1.165) is 17.4 Å². The maximum Gasteiger partial charge on any atom is 0.408 e. The largest absolute Gasteiger partial charge is 0.444 e. The fourth-order valence-corrected chi connectivity index (χ4v) is 4.88. The molecule has 0 aliphatic carbocycles. The highest BCUT2D eigenvalue weighted by molar-refractivity contribution is 7.92. The molecule has 0 bridgehead atoms. The average molecular weight is 642 g/mol.